The van der Waals surface area contributed by atoms with Crippen LogP contribution in [0, 0.1) is 11.3 Å². The van der Waals surface area contributed by atoms with Gasteiger partial charge in [0.1, 0.15) is 17.4 Å². The van der Waals surface area contributed by atoms with Crippen LogP contribution in [0.2, 0.25) is 0 Å². The normalized spacial score (nSPS) is 10.9. The number of nitriles is 1. The average molecular weight is 348 g/mol. The van der Waals surface area contributed by atoms with E-state index in [1.165, 1.54) is 0 Å². The number of carbonyl (C=O) groups is 1. The first-order chi connectivity index (χ1) is 12.6. The quantitative estimate of drug-likeness (QED) is 0.580. The highest BCUT2D eigenvalue weighted by molar-refractivity contribution is 6.10. The van der Waals surface area contributed by atoms with Crippen molar-refractivity contribution in [1.82, 2.24) is 0 Å². The van der Waals surface area contributed by atoms with E-state index in [9.17, 15) is 10.1 Å². The number of carbonyl (C=O) groups excluding carboxylic acids is 1. The maximum atomic E-state index is 12.6. The van der Waals surface area contributed by atoms with Gasteiger partial charge in [-0.05, 0) is 54.7 Å². The molecule has 0 spiro atoms. The van der Waals surface area contributed by atoms with Crippen molar-refractivity contribution in [2.75, 3.05) is 11.9 Å². The van der Waals surface area contributed by atoms with Crippen molar-refractivity contribution in [3.63, 3.8) is 0 Å². The summed E-state index contributed by atoms with van der Waals surface area (Å²) in [4.78, 5) is 12.6. The summed E-state index contributed by atoms with van der Waals surface area (Å²) in [5.74, 6) is 0.369. The molecule has 4 heteroatoms. The number of rotatable bonds is 7. The van der Waals surface area contributed by atoms with Crippen LogP contribution >= 0.6 is 0 Å². The second-order valence-corrected chi connectivity index (χ2v) is 5.78. The summed E-state index contributed by atoms with van der Waals surface area (Å²) in [5, 5.41) is 12.4. The third kappa shape index (κ3) is 4.73. The highest BCUT2D eigenvalue weighted by Gasteiger charge is 2.14. The molecule has 0 aliphatic heterocycles. The van der Waals surface area contributed by atoms with Crippen molar-refractivity contribution >= 4 is 17.7 Å². The monoisotopic (exact) mass is 348 g/mol. The van der Waals surface area contributed by atoms with Gasteiger partial charge < -0.3 is 10.1 Å². The molecule has 0 aromatic heterocycles. The summed E-state index contributed by atoms with van der Waals surface area (Å²) in [6, 6.07) is 15.3. The van der Waals surface area contributed by atoms with Crippen LogP contribution < -0.4 is 10.1 Å². The molecule has 26 heavy (non-hydrogen) atoms. The second kappa shape index (κ2) is 9.43. The molecule has 0 heterocycles. The van der Waals surface area contributed by atoms with Crippen molar-refractivity contribution in [3.05, 3.63) is 64.7 Å². The van der Waals surface area contributed by atoms with E-state index in [2.05, 4.69) is 5.32 Å². The highest BCUT2D eigenvalue weighted by Crippen LogP contribution is 2.23. The van der Waals surface area contributed by atoms with Crippen molar-refractivity contribution in [2.24, 2.45) is 0 Å². The predicted molar refractivity (Wildman–Crippen MR) is 105 cm³/mol. The maximum absolute atomic E-state index is 12.6. The number of ether oxygens (including phenoxy) is 1. The number of aryl methyl sites for hydroxylation is 2. The van der Waals surface area contributed by atoms with Crippen LogP contribution in [0.25, 0.3) is 6.08 Å². The molecule has 0 aliphatic rings. The Morgan fingerprint density at radius 2 is 1.69 bits per heavy atom. The van der Waals surface area contributed by atoms with E-state index in [0.717, 1.165) is 41.0 Å². The van der Waals surface area contributed by atoms with Gasteiger partial charge in [-0.1, -0.05) is 44.2 Å². The summed E-state index contributed by atoms with van der Waals surface area (Å²) in [6.07, 6.45) is 3.22. The fraction of sp³-hybridized carbons (Fsp3) is 0.273. The predicted octanol–water partition coefficient (Wildman–Crippen LogP) is 4.76. The first-order valence-corrected chi connectivity index (χ1v) is 8.89. The Kier molecular flexibility index (Phi) is 6.99. The zero-order valence-corrected chi connectivity index (χ0v) is 15.5. The molecule has 2 rings (SSSR count). The number of amides is 1. The molecule has 2 aromatic carbocycles. The van der Waals surface area contributed by atoms with Gasteiger partial charge in [0.15, 0.2) is 0 Å². The van der Waals surface area contributed by atoms with Gasteiger partial charge in [-0.25, -0.2) is 0 Å². The summed E-state index contributed by atoms with van der Waals surface area (Å²) in [5.41, 5.74) is 3.80. The van der Waals surface area contributed by atoms with E-state index in [1.807, 2.05) is 69.3 Å². The maximum Gasteiger partial charge on any atom is 0.266 e. The smallest absolute Gasteiger partial charge is 0.266 e. The van der Waals surface area contributed by atoms with E-state index in [0.29, 0.717) is 6.61 Å². The topological polar surface area (TPSA) is 62.1 Å². The van der Waals surface area contributed by atoms with E-state index in [-0.39, 0.29) is 5.57 Å². The van der Waals surface area contributed by atoms with Gasteiger partial charge in [-0.3, -0.25) is 4.79 Å². The van der Waals surface area contributed by atoms with E-state index >= 15 is 0 Å². The minimum atomic E-state index is -0.392. The highest BCUT2D eigenvalue weighted by atomic mass is 16.5. The van der Waals surface area contributed by atoms with Crippen LogP contribution in [0.3, 0.4) is 0 Å². The number of para-hydroxylation sites is 1. The Morgan fingerprint density at radius 3 is 2.19 bits per heavy atom. The number of hydrogen-bond acceptors (Lipinski definition) is 3. The summed E-state index contributed by atoms with van der Waals surface area (Å²) >= 11 is 0. The van der Waals surface area contributed by atoms with Crippen LogP contribution in [0.5, 0.6) is 5.75 Å². The molecule has 0 bridgehead atoms. The fourth-order valence-corrected chi connectivity index (χ4v) is 2.73. The van der Waals surface area contributed by atoms with Crippen LogP contribution in [-0.2, 0) is 17.6 Å². The van der Waals surface area contributed by atoms with E-state index in [4.69, 9.17) is 4.74 Å². The van der Waals surface area contributed by atoms with Gasteiger partial charge in [0.2, 0.25) is 0 Å². The molecular weight excluding hydrogens is 324 g/mol. The molecule has 0 radical (unpaired) electrons. The molecule has 1 N–H and O–H groups in total. The lowest BCUT2D eigenvalue weighted by Crippen LogP contribution is -2.16. The zero-order valence-electron chi connectivity index (χ0n) is 15.5. The van der Waals surface area contributed by atoms with Crippen molar-refractivity contribution in [1.29, 1.82) is 5.26 Å². The lowest BCUT2D eigenvalue weighted by atomic mass is 10.0. The van der Waals surface area contributed by atoms with Crippen LogP contribution in [0.4, 0.5) is 5.69 Å². The molecule has 1 amide bonds. The molecular formula is C22H24N2O2. The zero-order chi connectivity index (χ0) is 18.9. The van der Waals surface area contributed by atoms with Gasteiger partial charge in [-0.2, -0.15) is 5.26 Å². The fourth-order valence-electron chi connectivity index (χ4n) is 2.73. The molecule has 0 aliphatic carbocycles. The number of nitrogens with one attached hydrogen (secondary N) is 1. The van der Waals surface area contributed by atoms with Crippen LogP contribution in [0.1, 0.15) is 37.5 Å². The molecule has 134 valence electrons. The first kappa shape index (κ1) is 19.3. The largest absolute Gasteiger partial charge is 0.494 e. The molecule has 0 saturated carbocycles. The van der Waals surface area contributed by atoms with Gasteiger partial charge in [0.25, 0.3) is 5.91 Å². The lowest BCUT2D eigenvalue weighted by molar-refractivity contribution is -0.112. The third-order valence-electron chi connectivity index (χ3n) is 4.10. The standard InChI is InChI=1S/C22H24N2O2/c1-4-17-8-7-9-18(5-2)21(17)24-22(25)19(15-23)14-16-10-12-20(13-11-16)26-6-3/h7-14H,4-6H2,1-3H3,(H,24,25)/b19-14+. The molecule has 0 atom stereocenters. The molecule has 4 nitrogen and oxygen atoms in total. The third-order valence-corrected chi connectivity index (χ3v) is 4.10. The minimum Gasteiger partial charge on any atom is -0.494 e. The Morgan fingerprint density at radius 1 is 1.08 bits per heavy atom. The summed E-state index contributed by atoms with van der Waals surface area (Å²) in [6.45, 7) is 6.61. The molecule has 0 saturated heterocycles. The number of nitrogens with zero attached hydrogens (tertiary/aromatic N) is 1. The number of anilines is 1. The Labute approximate surface area is 155 Å². The van der Waals surface area contributed by atoms with Crippen LogP contribution in [-0.4, -0.2) is 12.5 Å². The van der Waals surface area contributed by atoms with Crippen molar-refractivity contribution in [2.45, 2.75) is 33.6 Å². The summed E-state index contributed by atoms with van der Waals surface area (Å²) in [7, 11) is 0. The second-order valence-electron chi connectivity index (χ2n) is 5.78. The van der Waals surface area contributed by atoms with Gasteiger partial charge in [-0.15, -0.1) is 0 Å². The molecule has 0 fully saturated rings. The van der Waals surface area contributed by atoms with Crippen molar-refractivity contribution < 1.29 is 9.53 Å². The van der Waals surface area contributed by atoms with Crippen molar-refractivity contribution in [3.8, 4) is 11.8 Å². The van der Waals surface area contributed by atoms with E-state index in [1.54, 1.807) is 6.08 Å². The number of benzene rings is 2. The lowest BCUT2D eigenvalue weighted by Gasteiger charge is -2.14. The van der Waals surface area contributed by atoms with Gasteiger partial charge in [0, 0.05) is 5.69 Å². The SMILES string of the molecule is CCOc1ccc(/C=C(\C#N)C(=O)Nc2c(CC)cccc2CC)cc1. The Bertz CT molecular complexity index is 808. The van der Waals surface area contributed by atoms with E-state index < -0.39 is 5.91 Å². The average Bonchev–Trinajstić information content (AvgIpc) is 2.67. The Hall–Kier alpha value is -3.06. The van der Waals surface area contributed by atoms with Gasteiger partial charge in [0.05, 0.1) is 6.61 Å². The summed E-state index contributed by atoms with van der Waals surface area (Å²) < 4.78 is 5.40. The van der Waals surface area contributed by atoms with Crippen LogP contribution in [0.15, 0.2) is 48.0 Å². The minimum absolute atomic E-state index is 0.0714. The Balaban J connectivity index is 2.26. The first-order valence-electron chi connectivity index (χ1n) is 8.89. The van der Waals surface area contributed by atoms with Gasteiger partial charge >= 0.3 is 0 Å². The molecule has 2 aromatic rings. The number of hydrogen-bond donors (Lipinski definition) is 1. The molecule has 0 unspecified atom stereocenters.